The summed E-state index contributed by atoms with van der Waals surface area (Å²) in [5, 5.41) is 7.85. The number of nitrogens with zero attached hydrogens (tertiary/aromatic N) is 2. The molecule has 2 heterocycles. The van der Waals surface area contributed by atoms with Gasteiger partial charge in [-0.3, -0.25) is 9.48 Å². The smallest absolute Gasteiger partial charge is 0.225 e. The molecule has 0 saturated carbocycles. The average molecular weight is 361 g/mol. The van der Waals surface area contributed by atoms with E-state index in [-0.39, 0.29) is 11.8 Å². The van der Waals surface area contributed by atoms with Crippen LogP contribution in [-0.2, 0) is 22.6 Å². The number of benzene rings is 2. The maximum absolute atomic E-state index is 12.3. The molecule has 1 fully saturated rings. The number of aromatic nitrogens is 2. The van der Waals surface area contributed by atoms with E-state index in [2.05, 4.69) is 17.4 Å². The molecule has 0 aliphatic carbocycles. The lowest BCUT2D eigenvalue weighted by Crippen LogP contribution is -2.30. The molecule has 5 heteroatoms. The quantitative estimate of drug-likeness (QED) is 0.733. The third kappa shape index (κ3) is 4.26. The number of hydrogen-bond donors (Lipinski definition) is 1. The first kappa shape index (κ1) is 17.5. The Labute approximate surface area is 159 Å². The normalized spacial score (nSPS) is 16.4. The summed E-state index contributed by atoms with van der Waals surface area (Å²) in [5.74, 6) is 0.0202. The Hall–Kier alpha value is -2.92. The van der Waals surface area contributed by atoms with Crippen LogP contribution < -0.4 is 5.32 Å². The van der Waals surface area contributed by atoms with E-state index < -0.39 is 0 Å². The molecule has 1 amide bonds. The van der Waals surface area contributed by atoms with Gasteiger partial charge in [0.2, 0.25) is 5.91 Å². The van der Waals surface area contributed by atoms with Crippen LogP contribution in [0.2, 0.25) is 0 Å². The van der Waals surface area contributed by atoms with Crippen molar-refractivity contribution in [3.63, 3.8) is 0 Å². The van der Waals surface area contributed by atoms with Crippen molar-refractivity contribution >= 4 is 5.91 Å². The lowest BCUT2D eigenvalue weighted by molar-refractivity contribution is -0.125. The number of carbonyl (C=O) groups is 1. The summed E-state index contributed by atoms with van der Waals surface area (Å²) in [6.07, 6.45) is 2.82. The highest BCUT2D eigenvalue weighted by Crippen LogP contribution is 2.23. The second kappa shape index (κ2) is 8.18. The topological polar surface area (TPSA) is 56.2 Å². The summed E-state index contributed by atoms with van der Waals surface area (Å²) in [4.78, 5) is 12.3. The van der Waals surface area contributed by atoms with Crippen molar-refractivity contribution in [2.45, 2.75) is 19.5 Å². The van der Waals surface area contributed by atoms with Gasteiger partial charge in [0.05, 0.1) is 24.8 Å². The summed E-state index contributed by atoms with van der Waals surface area (Å²) in [5.41, 5.74) is 4.18. The van der Waals surface area contributed by atoms with Crippen LogP contribution in [0.3, 0.4) is 0 Å². The predicted molar refractivity (Wildman–Crippen MR) is 104 cm³/mol. The molecule has 1 N–H and O–H groups in total. The molecule has 0 bridgehead atoms. The zero-order valence-electron chi connectivity index (χ0n) is 15.2. The van der Waals surface area contributed by atoms with E-state index in [1.807, 2.05) is 59.4 Å². The van der Waals surface area contributed by atoms with Gasteiger partial charge in [0, 0.05) is 30.5 Å². The minimum atomic E-state index is -0.0375. The summed E-state index contributed by atoms with van der Waals surface area (Å²) in [6.45, 7) is 2.35. The predicted octanol–water partition coefficient (Wildman–Crippen LogP) is 3.25. The van der Waals surface area contributed by atoms with Gasteiger partial charge in [-0.2, -0.15) is 5.10 Å². The van der Waals surface area contributed by atoms with Gasteiger partial charge in [-0.1, -0.05) is 60.7 Å². The molecule has 1 saturated heterocycles. The van der Waals surface area contributed by atoms with Gasteiger partial charge in [0.15, 0.2) is 0 Å². The van der Waals surface area contributed by atoms with Crippen LogP contribution in [0.4, 0.5) is 0 Å². The average Bonchev–Trinajstić information content (AvgIpc) is 3.38. The fourth-order valence-electron chi connectivity index (χ4n) is 3.35. The maximum Gasteiger partial charge on any atom is 0.225 e. The van der Waals surface area contributed by atoms with Crippen molar-refractivity contribution in [1.29, 1.82) is 0 Å². The SMILES string of the molecule is O=C(NCc1cn(Cc2ccccc2)nc1-c1ccccc1)C1CCOC1. The zero-order valence-corrected chi connectivity index (χ0v) is 15.2. The fourth-order valence-corrected chi connectivity index (χ4v) is 3.35. The van der Waals surface area contributed by atoms with E-state index in [0.29, 0.717) is 26.3 Å². The molecule has 3 aromatic rings. The summed E-state index contributed by atoms with van der Waals surface area (Å²) >= 11 is 0. The highest BCUT2D eigenvalue weighted by atomic mass is 16.5. The first-order valence-corrected chi connectivity index (χ1v) is 9.31. The molecule has 1 aliphatic heterocycles. The molecule has 1 aliphatic rings. The Kier molecular flexibility index (Phi) is 5.30. The molecule has 0 spiro atoms. The summed E-state index contributed by atoms with van der Waals surface area (Å²) in [7, 11) is 0. The Bertz CT molecular complexity index is 884. The van der Waals surface area contributed by atoms with Crippen LogP contribution in [0.1, 0.15) is 17.5 Å². The van der Waals surface area contributed by atoms with Crippen molar-refractivity contribution in [3.8, 4) is 11.3 Å². The Morgan fingerprint density at radius 3 is 2.56 bits per heavy atom. The van der Waals surface area contributed by atoms with E-state index in [1.165, 1.54) is 5.56 Å². The summed E-state index contributed by atoms with van der Waals surface area (Å²) < 4.78 is 7.26. The minimum Gasteiger partial charge on any atom is -0.381 e. The fraction of sp³-hybridized carbons (Fsp3) is 0.273. The van der Waals surface area contributed by atoms with Gasteiger partial charge in [0.1, 0.15) is 0 Å². The van der Waals surface area contributed by atoms with Crippen LogP contribution in [0.15, 0.2) is 66.9 Å². The molecular formula is C22H23N3O2. The number of hydrogen-bond acceptors (Lipinski definition) is 3. The zero-order chi connectivity index (χ0) is 18.5. The van der Waals surface area contributed by atoms with E-state index in [0.717, 1.165) is 23.2 Å². The number of carbonyl (C=O) groups excluding carboxylic acids is 1. The van der Waals surface area contributed by atoms with Gasteiger partial charge in [-0.05, 0) is 12.0 Å². The van der Waals surface area contributed by atoms with E-state index in [4.69, 9.17) is 9.84 Å². The third-order valence-electron chi connectivity index (χ3n) is 4.83. The van der Waals surface area contributed by atoms with Crippen molar-refractivity contribution < 1.29 is 9.53 Å². The second-order valence-electron chi connectivity index (χ2n) is 6.83. The van der Waals surface area contributed by atoms with Gasteiger partial charge >= 0.3 is 0 Å². The van der Waals surface area contributed by atoms with Crippen LogP contribution in [0.5, 0.6) is 0 Å². The molecular weight excluding hydrogens is 338 g/mol. The standard InChI is InChI=1S/C22H23N3O2/c26-22(19-11-12-27-16-19)23-13-20-15-25(14-17-7-3-1-4-8-17)24-21(20)18-9-5-2-6-10-18/h1-10,15,19H,11-14,16H2,(H,23,26). The lowest BCUT2D eigenvalue weighted by Gasteiger charge is -2.09. The molecule has 1 unspecified atom stereocenters. The van der Waals surface area contributed by atoms with Crippen LogP contribution in [0, 0.1) is 5.92 Å². The number of rotatable bonds is 6. The molecule has 0 radical (unpaired) electrons. The third-order valence-corrected chi connectivity index (χ3v) is 4.83. The lowest BCUT2D eigenvalue weighted by atomic mass is 10.1. The van der Waals surface area contributed by atoms with Crippen LogP contribution in [0.25, 0.3) is 11.3 Å². The molecule has 4 rings (SSSR count). The highest BCUT2D eigenvalue weighted by molar-refractivity contribution is 5.79. The van der Waals surface area contributed by atoms with Crippen molar-refractivity contribution in [2.24, 2.45) is 5.92 Å². The monoisotopic (exact) mass is 361 g/mol. The van der Waals surface area contributed by atoms with Crippen molar-refractivity contribution in [3.05, 3.63) is 78.0 Å². The Morgan fingerprint density at radius 1 is 1.11 bits per heavy atom. The Balaban J connectivity index is 1.55. The van der Waals surface area contributed by atoms with Gasteiger partial charge in [-0.15, -0.1) is 0 Å². The largest absolute Gasteiger partial charge is 0.381 e. The van der Waals surface area contributed by atoms with Crippen LogP contribution >= 0.6 is 0 Å². The van der Waals surface area contributed by atoms with Crippen molar-refractivity contribution in [1.82, 2.24) is 15.1 Å². The minimum absolute atomic E-state index is 0.0375. The molecule has 1 aromatic heterocycles. The molecule has 2 aromatic carbocycles. The number of ether oxygens (including phenoxy) is 1. The first-order valence-electron chi connectivity index (χ1n) is 9.31. The maximum atomic E-state index is 12.3. The summed E-state index contributed by atoms with van der Waals surface area (Å²) in [6, 6.07) is 20.3. The van der Waals surface area contributed by atoms with Gasteiger partial charge < -0.3 is 10.1 Å². The van der Waals surface area contributed by atoms with E-state index >= 15 is 0 Å². The van der Waals surface area contributed by atoms with E-state index in [9.17, 15) is 4.79 Å². The molecule has 27 heavy (non-hydrogen) atoms. The van der Waals surface area contributed by atoms with Crippen LogP contribution in [-0.4, -0.2) is 28.9 Å². The van der Waals surface area contributed by atoms with E-state index in [1.54, 1.807) is 0 Å². The Morgan fingerprint density at radius 2 is 1.85 bits per heavy atom. The second-order valence-corrected chi connectivity index (χ2v) is 6.83. The molecule has 5 nitrogen and oxygen atoms in total. The first-order chi connectivity index (χ1) is 13.3. The molecule has 138 valence electrons. The number of amides is 1. The number of nitrogens with one attached hydrogen (secondary N) is 1. The van der Waals surface area contributed by atoms with Gasteiger partial charge in [-0.25, -0.2) is 0 Å². The molecule has 1 atom stereocenters. The highest BCUT2D eigenvalue weighted by Gasteiger charge is 2.23. The van der Waals surface area contributed by atoms with Crippen molar-refractivity contribution in [2.75, 3.05) is 13.2 Å². The van der Waals surface area contributed by atoms with Gasteiger partial charge in [0.25, 0.3) is 0 Å².